The Kier molecular flexibility index (Phi) is 2.60. The molecule has 2 bridgehead atoms. The van der Waals surface area contributed by atoms with E-state index >= 15 is 0 Å². The van der Waals surface area contributed by atoms with Crippen LogP contribution >= 0.6 is 31.9 Å². The van der Waals surface area contributed by atoms with Crippen LogP contribution in [0.5, 0.6) is 0 Å². The lowest BCUT2D eigenvalue weighted by Gasteiger charge is -2.45. The van der Waals surface area contributed by atoms with Crippen molar-refractivity contribution in [3.8, 4) is 0 Å². The average Bonchev–Trinajstić information content (AvgIpc) is 2.87. The molecule has 4 aliphatic rings. The van der Waals surface area contributed by atoms with Crippen LogP contribution in [0.1, 0.15) is 34.1 Å². The molecule has 1 heterocycles. The highest BCUT2D eigenvalue weighted by molar-refractivity contribution is 9.10. The van der Waals surface area contributed by atoms with Gasteiger partial charge in [0.25, 0.3) is 0 Å². The highest BCUT2D eigenvalue weighted by Gasteiger charge is 2.57. The van der Waals surface area contributed by atoms with E-state index in [9.17, 15) is 4.79 Å². The summed E-state index contributed by atoms with van der Waals surface area (Å²) in [5.74, 6) is 0.0779. The van der Waals surface area contributed by atoms with Crippen molar-refractivity contribution >= 4 is 38.0 Å². The molecule has 3 aliphatic carbocycles. The molecular formula is C17H10Br2O3. The number of carbonyl (C=O) groups excluding carboxylic acids is 1. The van der Waals surface area contributed by atoms with Crippen molar-refractivity contribution < 1.29 is 14.3 Å². The number of benzene rings is 2. The lowest BCUT2D eigenvalue weighted by Crippen LogP contribution is -2.45. The standard InChI is InChI=1S/C17H10Br2O3/c18-7-1-3-9-11(5-7)14-10-4-2-8(19)6-12(10)13(9)15-16(14)22-17(20)21-15/h1-6,13-16H. The fourth-order valence-electron chi connectivity index (χ4n) is 4.14. The number of halogens is 2. The normalized spacial score (nSPS) is 30.2. The second-order valence-electron chi connectivity index (χ2n) is 5.92. The highest BCUT2D eigenvalue weighted by atomic mass is 79.9. The zero-order valence-corrected chi connectivity index (χ0v) is 14.4. The van der Waals surface area contributed by atoms with Gasteiger partial charge in [-0.15, -0.1) is 0 Å². The van der Waals surface area contributed by atoms with Crippen LogP contribution in [-0.2, 0) is 9.47 Å². The fourth-order valence-corrected chi connectivity index (χ4v) is 4.90. The Hall–Kier alpha value is -1.33. The first kappa shape index (κ1) is 13.1. The Morgan fingerprint density at radius 2 is 1.18 bits per heavy atom. The lowest BCUT2D eigenvalue weighted by molar-refractivity contribution is 0.103. The van der Waals surface area contributed by atoms with E-state index in [1.54, 1.807) is 0 Å². The summed E-state index contributed by atoms with van der Waals surface area (Å²) < 4.78 is 13.1. The number of hydrogen-bond donors (Lipinski definition) is 0. The third-order valence-electron chi connectivity index (χ3n) is 4.88. The van der Waals surface area contributed by atoms with Crippen LogP contribution in [0.25, 0.3) is 0 Å². The maximum atomic E-state index is 11.7. The van der Waals surface area contributed by atoms with E-state index in [1.807, 2.05) is 12.1 Å². The first-order valence-corrected chi connectivity index (χ1v) is 8.68. The first-order chi connectivity index (χ1) is 10.6. The van der Waals surface area contributed by atoms with E-state index in [1.165, 1.54) is 22.3 Å². The molecule has 6 rings (SSSR count). The summed E-state index contributed by atoms with van der Waals surface area (Å²) in [7, 11) is 0. The van der Waals surface area contributed by atoms with Crippen LogP contribution in [0.3, 0.4) is 0 Å². The van der Waals surface area contributed by atoms with Gasteiger partial charge in [-0.1, -0.05) is 44.0 Å². The number of carbonyl (C=O) groups is 1. The summed E-state index contributed by atoms with van der Waals surface area (Å²) in [5, 5.41) is 0. The van der Waals surface area contributed by atoms with Gasteiger partial charge in [0.05, 0.1) is 11.8 Å². The molecule has 5 heteroatoms. The van der Waals surface area contributed by atoms with Crippen LogP contribution in [0.2, 0.25) is 0 Å². The van der Waals surface area contributed by atoms with Crippen molar-refractivity contribution in [2.75, 3.05) is 0 Å². The smallest absolute Gasteiger partial charge is 0.426 e. The molecule has 2 aromatic carbocycles. The Balaban J connectivity index is 1.82. The Labute approximate surface area is 143 Å². The van der Waals surface area contributed by atoms with Gasteiger partial charge >= 0.3 is 6.16 Å². The SMILES string of the molecule is O=C1OC2C3c4ccc(Br)cc4C(c4ccc(Br)cc43)C2O1. The minimum atomic E-state index is -0.552. The van der Waals surface area contributed by atoms with E-state index in [2.05, 4.69) is 56.1 Å². The zero-order valence-electron chi connectivity index (χ0n) is 11.3. The van der Waals surface area contributed by atoms with E-state index < -0.39 is 6.16 Å². The van der Waals surface area contributed by atoms with Gasteiger partial charge in [0, 0.05) is 8.95 Å². The minimum absolute atomic E-state index is 0.0389. The summed E-state index contributed by atoms with van der Waals surface area (Å²) in [6, 6.07) is 12.6. The zero-order chi connectivity index (χ0) is 15.0. The second-order valence-corrected chi connectivity index (χ2v) is 7.75. The van der Waals surface area contributed by atoms with Crippen LogP contribution in [0.4, 0.5) is 4.79 Å². The quantitative estimate of drug-likeness (QED) is 0.578. The van der Waals surface area contributed by atoms with Crippen LogP contribution in [0, 0.1) is 0 Å². The number of rotatable bonds is 0. The van der Waals surface area contributed by atoms with Crippen LogP contribution < -0.4 is 0 Å². The van der Waals surface area contributed by atoms with E-state index in [-0.39, 0.29) is 24.0 Å². The Morgan fingerprint density at radius 3 is 1.64 bits per heavy atom. The molecule has 3 nitrogen and oxygen atoms in total. The molecular weight excluding hydrogens is 412 g/mol. The molecule has 1 aliphatic heterocycles. The maximum absolute atomic E-state index is 11.7. The molecule has 0 amide bonds. The third kappa shape index (κ3) is 1.58. The molecule has 0 aromatic heterocycles. The van der Waals surface area contributed by atoms with Crippen molar-refractivity contribution in [1.29, 1.82) is 0 Å². The highest BCUT2D eigenvalue weighted by Crippen LogP contribution is 2.57. The summed E-state index contributed by atoms with van der Waals surface area (Å²) in [6.45, 7) is 0. The summed E-state index contributed by atoms with van der Waals surface area (Å²) in [4.78, 5) is 11.7. The average molecular weight is 422 g/mol. The molecule has 0 saturated carbocycles. The predicted molar refractivity (Wildman–Crippen MR) is 87.1 cm³/mol. The topological polar surface area (TPSA) is 35.5 Å². The molecule has 1 saturated heterocycles. The van der Waals surface area contributed by atoms with Gasteiger partial charge < -0.3 is 9.47 Å². The van der Waals surface area contributed by atoms with Crippen LogP contribution in [-0.4, -0.2) is 18.4 Å². The molecule has 0 N–H and O–H groups in total. The Bertz CT molecular complexity index is 765. The van der Waals surface area contributed by atoms with Crippen molar-refractivity contribution in [3.63, 3.8) is 0 Å². The van der Waals surface area contributed by atoms with Crippen molar-refractivity contribution in [3.05, 3.63) is 67.6 Å². The summed E-state index contributed by atoms with van der Waals surface area (Å²) in [6.07, 6.45) is -1.01. The van der Waals surface area contributed by atoms with Gasteiger partial charge in [-0.3, -0.25) is 0 Å². The van der Waals surface area contributed by atoms with Gasteiger partial charge in [0.2, 0.25) is 0 Å². The summed E-state index contributed by atoms with van der Waals surface area (Å²) >= 11 is 7.10. The minimum Gasteiger partial charge on any atom is -0.426 e. The fraction of sp³-hybridized carbons (Fsp3) is 0.235. The van der Waals surface area contributed by atoms with Crippen LogP contribution in [0.15, 0.2) is 45.3 Å². The van der Waals surface area contributed by atoms with E-state index in [4.69, 9.17) is 9.47 Å². The van der Waals surface area contributed by atoms with Crippen molar-refractivity contribution in [2.24, 2.45) is 0 Å². The second kappa shape index (κ2) is 4.36. The first-order valence-electron chi connectivity index (χ1n) is 7.09. The molecule has 1 fully saturated rings. The van der Waals surface area contributed by atoms with Crippen molar-refractivity contribution in [2.45, 2.75) is 24.0 Å². The maximum Gasteiger partial charge on any atom is 0.509 e. The van der Waals surface area contributed by atoms with Gasteiger partial charge in [-0.2, -0.15) is 0 Å². The molecule has 0 spiro atoms. The monoisotopic (exact) mass is 420 g/mol. The number of ether oxygens (including phenoxy) is 2. The molecule has 4 atom stereocenters. The summed E-state index contributed by atoms with van der Waals surface area (Å²) in [5.41, 5.74) is 4.93. The number of hydrogen-bond acceptors (Lipinski definition) is 3. The molecule has 110 valence electrons. The predicted octanol–water partition coefficient (Wildman–Crippen LogP) is 4.71. The molecule has 22 heavy (non-hydrogen) atoms. The van der Waals surface area contributed by atoms with E-state index in [0.717, 1.165) is 8.95 Å². The molecule has 4 unspecified atom stereocenters. The molecule has 2 aromatic rings. The van der Waals surface area contributed by atoms with E-state index in [0.29, 0.717) is 0 Å². The van der Waals surface area contributed by atoms with Gasteiger partial charge in [-0.05, 0) is 46.5 Å². The lowest BCUT2D eigenvalue weighted by atomic mass is 9.61. The van der Waals surface area contributed by atoms with Gasteiger partial charge in [-0.25, -0.2) is 4.79 Å². The largest absolute Gasteiger partial charge is 0.509 e. The third-order valence-corrected chi connectivity index (χ3v) is 5.87. The Morgan fingerprint density at radius 1 is 0.727 bits per heavy atom. The van der Waals surface area contributed by atoms with Gasteiger partial charge in [0.1, 0.15) is 0 Å². The van der Waals surface area contributed by atoms with Gasteiger partial charge in [0.15, 0.2) is 12.2 Å². The van der Waals surface area contributed by atoms with Crippen molar-refractivity contribution in [1.82, 2.24) is 0 Å². The molecule has 0 radical (unpaired) electrons.